The van der Waals surface area contributed by atoms with Crippen molar-refractivity contribution in [2.75, 3.05) is 6.61 Å². The van der Waals surface area contributed by atoms with Crippen LogP contribution in [0.2, 0.25) is 0 Å². The minimum Gasteiger partial charge on any atom is -0.467 e. The first kappa shape index (κ1) is 22.6. The molecule has 0 unspecified atom stereocenters. The second kappa shape index (κ2) is 8.95. The Morgan fingerprint density at radius 3 is 2.42 bits per heavy atom. The van der Waals surface area contributed by atoms with E-state index < -0.39 is 24.3 Å². The molecule has 0 saturated heterocycles. The van der Waals surface area contributed by atoms with Crippen molar-refractivity contribution in [3.8, 4) is 16.6 Å². The van der Waals surface area contributed by atoms with Crippen LogP contribution in [0.15, 0.2) is 72.1 Å². The Bertz CT molecular complexity index is 1650. The second-order valence-corrected chi connectivity index (χ2v) is 10.2. The maximum absolute atomic E-state index is 13.0. The van der Waals surface area contributed by atoms with Crippen molar-refractivity contribution in [2.24, 2.45) is 0 Å². The van der Waals surface area contributed by atoms with Gasteiger partial charge in [-0.1, -0.05) is 30.3 Å². The van der Waals surface area contributed by atoms with Crippen molar-refractivity contribution in [1.82, 2.24) is 20.4 Å². The summed E-state index contributed by atoms with van der Waals surface area (Å²) >= 11 is 3.67. The number of imide groups is 1. The third-order valence-electron chi connectivity index (χ3n) is 5.71. The fraction of sp³-hybridized carbons (Fsp3) is 0.0385. The van der Waals surface area contributed by atoms with Gasteiger partial charge in [0.25, 0.3) is 17.7 Å². The van der Waals surface area contributed by atoms with Crippen LogP contribution in [-0.4, -0.2) is 39.3 Å². The van der Waals surface area contributed by atoms with Crippen molar-refractivity contribution in [1.29, 1.82) is 0 Å². The molecule has 1 aliphatic heterocycles. The predicted octanol–water partition coefficient (Wildman–Crippen LogP) is 4.82. The molecule has 3 aromatic carbocycles. The number of hydrogen-bond donors (Lipinski definition) is 1. The van der Waals surface area contributed by atoms with Crippen molar-refractivity contribution >= 4 is 73.3 Å². The number of halogens is 1. The number of hydrogen-bond acceptors (Lipinski definition) is 7. The summed E-state index contributed by atoms with van der Waals surface area (Å²) in [6, 6.07) is 19.9. The van der Waals surface area contributed by atoms with Gasteiger partial charge in [0.05, 0.1) is 26.9 Å². The minimum absolute atomic E-state index is 0.239. The standard InChI is InChI=1S/C26H15IN4O4S/c27-15-9-10-19-18(12-15)24(29-23(28-19)20-8-3-11-36-20)35-13-21(32)30-31-25(33)16-6-1-4-14-5-2-7-17(22(14)16)26(31)34/h1-12H,13H2,(H,30,32). The first-order chi connectivity index (χ1) is 17.5. The number of carbonyl (C=O) groups excluding carboxylic acids is 3. The van der Waals surface area contributed by atoms with Gasteiger partial charge in [-0.2, -0.15) is 9.99 Å². The predicted molar refractivity (Wildman–Crippen MR) is 144 cm³/mol. The molecule has 0 radical (unpaired) electrons. The second-order valence-electron chi connectivity index (χ2n) is 7.97. The highest BCUT2D eigenvalue weighted by atomic mass is 127. The van der Waals surface area contributed by atoms with Gasteiger partial charge in [-0.05, 0) is 69.8 Å². The van der Waals surface area contributed by atoms with Crippen molar-refractivity contribution < 1.29 is 19.1 Å². The zero-order chi connectivity index (χ0) is 24.8. The lowest BCUT2D eigenvalue weighted by atomic mass is 9.95. The van der Waals surface area contributed by atoms with Gasteiger partial charge in [0.2, 0.25) is 5.88 Å². The number of fused-ring (bicyclic) bond motifs is 1. The largest absolute Gasteiger partial charge is 0.467 e. The van der Waals surface area contributed by atoms with Crippen molar-refractivity contribution in [2.45, 2.75) is 0 Å². The van der Waals surface area contributed by atoms with E-state index in [1.54, 1.807) is 24.3 Å². The van der Waals surface area contributed by atoms with Gasteiger partial charge in [-0.3, -0.25) is 19.8 Å². The smallest absolute Gasteiger partial charge is 0.280 e. The lowest BCUT2D eigenvalue weighted by Crippen LogP contribution is -2.52. The summed E-state index contributed by atoms with van der Waals surface area (Å²) in [7, 11) is 0. The highest BCUT2D eigenvalue weighted by Crippen LogP contribution is 2.31. The molecule has 0 atom stereocenters. The Balaban J connectivity index is 1.26. The quantitative estimate of drug-likeness (QED) is 0.228. The Morgan fingerprint density at radius 2 is 1.72 bits per heavy atom. The zero-order valence-corrected chi connectivity index (χ0v) is 21.4. The van der Waals surface area contributed by atoms with E-state index in [-0.39, 0.29) is 5.88 Å². The van der Waals surface area contributed by atoms with E-state index in [2.05, 4.69) is 38.0 Å². The number of ether oxygens (including phenoxy) is 1. The molecule has 36 heavy (non-hydrogen) atoms. The average Bonchev–Trinajstić information content (AvgIpc) is 3.43. The SMILES string of the molecule is O=C(COc1nc(-c2cccs2)nc2ccc(I)cc12)NN1C(=O)c2cccc3cccc(c23)C1=O. The van der Waals surface area contributed by atoms with Crippen LogP contribution in [0, 0.1) is 3.57 Å². The Kier molecular flexibility index (Phi) is 5.61. The maximum Gasteiger partial charge on any atom is 0.280 e. The number of rotatable bonds is 5. The molecule has 8 nitrogen and oxygen atoms in total. The molecule has 1 N–H and O–H groups in total. The number of nitrogens with one attached hydrogen (secondary N) is 1. The van der Waals surface area contributed by atoms with E-state index in [1.165, 1.54) is 11.3 Å². The normalized spacial score (nSPS) is 12.9. The molecule has 6 rings (SSSR count). The van der Waals surface area contributed by atoms with Crippen LogP contribution in [0.4, 0.5) is 0 Å². The van der Waals surface area contributed by atoms with Gasteiger partial charge in [-0.25, -0.2) is 4.98 Å². The molecule has 0 fully saturated rings. The first-order valence-electron chi connectivity index (χ1n) is 10.8. The molecule has 0 saturated carbocycles. The van der Waals surface area contributed by atoms with Gasteiger partial charge in [0.1, 0.15) is 0 Å². The van der Waals surface area contributed by atoms with E-state index >= 15 is 0 Å². The molecular weight excluding hydrogens is 591 g/mol. The highest BCUT2D eigenvalue weighted by Gasteiger charge is 2.34. The number of nitrogens with zero attached hydrogens (tertiary/aromatic N) is 3. The Hall–Kier alpha value is -3.90. The van der Waals surface area contributed by atoms with Crippen LogP contribution in [-0.2, 0) is 4.79 Å². The number of hydrazine groups is 1. The molecule has 3 heterocycles. The van der Waals surface area contributed by atoms with Crippen molar-refractivity contribution in [3.05, 3.63) is 86.8 Å². The van der Waals surface area contributed by atoms with E-state index in [0.29, 0.717) is 33.2 Å². The summed E-state index contributed by atoms with van der Waals surface area (Å²) in [5.74, 6) is -1.14. The minimum atomic E-state index is -0.668. The molecule has 2 aromatic heterocycles. The third kappa shape index (κ3) is 3.88. The number of thiophene rings is 1. The Labute approximate surface area is 222 Å². The fourth-order valence-corrected chi connectivity index (χ4v) is 5.27. The molecule has 0 spiro atoms. The summed E-state index contributed by atoms with van der Waals surface area (Å²) < 4.78 is 6.76. The summed E-state index contributed by atoms with van der Waals surface area (Å²) in [6.45, 7) is -0.454. The molecule has 5 aromatic rings. The lowest BCUT2D eigenvalue weighted by Gasteiger charge is -2.27. The molecule has 176 valence electrons. The maximum atomic E-state index is 13.0. The lowest BCUT2D eigenvalue weighted by molar-refractivity contribution is -0.126. The number of benzene rings is 3. The van der Waals surface area contributed by atoms with Gasteiger partial charge in [-0.15, -0.1) is 11.3 Å². The molecule has 1 aliphatic rings. The molecule has 0 bridgehead atoms. The van der Waals surface area contributed by atoms with E-state index in [9.17, 15) is 14.4 Å². The van der Waals surface area contributed by atoms with E-state index in [0.717, 1.165) is 18.8 Å². The summed E-state index contributed by atoms with van der Waals surface area (Å²) in [4.78, 5) is 48.9. The third-order valence-corrected chi connectivity index (χ3v) is 7.25. The monoisotopic (exact) mass is 606 g/mol. The molecular formula is C26H15IN4O4S. The van der Waals surface area contributed by atoms with Gasteiger partial charge in [0, 0.05) is 8.96 Å². The number of aromatic nitrogens is 2. The Morgan fingerprint density at radius 1 is 0.972 bits per heavy atom. The van der Waals surface area contributed by atoms with Crippen LogP contribution >= 0.6 is 33.9 Å². The fourth-order valence-electron chi connectivity index (χ4n) is 4.12. The molecule has 10 heteroatoms. The van der Waals surface area contributed by atoms with Gasteiger partial charge < -0.3 is 4.74 Å². The highest BCUT2D eigenvalue weighted by molar-refractivity contribution is 14.1. The number of amides is 3. The summed E-state index contributed by atoms with van der Waals surface area (Å²) in [5.41, 5.74) is 3.77. The molecule has 0 aliphatic carbocycles. The number of carbonyl (C=O) groups is 3. The van der Waals surface area contributed by atoms with Crippen LogP contribution < -0.4 is 10.2 Å². The average molecular weight is 606 g/mol. The van der Waals surface area contributed by atoms with Crippen LogP contribution in [0.5, 0.6) is 5.88 Å². The van der Waals surface area contributed by atoms with Crippen LogP contribution in [0.25, 0.3) is 32.4 Å². The van der Waals surface area contributed by atoms with Gasteiger partial charge in [0.15, 0.2) is 12.4 Å². The van der Waals surface area contributed by atoms with E-state index in [1.807, 2.05) is 47.8 Å². The first-order valence-corrected chi connectivity index (χ1v) is 12.8. The topological polar surface area (TPSA) is 101 Å². The van der Waals surface area contributed by atoms with Crippen LogP contribution in [0.1, 0.15) is 20.7 Å². The zero-order valence-electron chi connectivity index (χ0n) is 18.4. The van der Waals surface area contributed by atoms with Crippen molar-refractivity contribution in [3.63, 3.8) is 0 Å². The van der Waals surface area contributed by atoms with E-state index in [4.69, 9.17) is 4.74 Å². The van der Waals surface area contributed by atoms with Gasteiger partial charge >= 0.3 is 0 Å². The summed E-state index contributed by atoms with van der Waals surface area (Å²) in [5, 5.41) is 4.69. The molecule has 3 amide bonds. The summed E-state index contributed by atoms with van der Waals surface area (Å²) in [6.07, 6.45) is 0. The van der Waals surface area contributed by atoms with Crippen LogP contribution in [0.3, 0.4) is 0 Å².